The van der Waals surface area contributed by atoms with Crippen LogP contribution in [0.5, 0.6) is 0 Å². The van der Waals surface area contributed by atoms with Crippen molar-refractivity contribution in [1.82, 2.24) is 0 Å². The zero-order valence-corrected chi connectivity index (χ0v) is 13.3. The Bertz CT molecular complexity index is 283. The Kier molecular flexibility index (Phi) is 5.57. The first-order valence-electron chi connectivity index (χ1n) is 6.69. The predicted octanol–water partition coefficient (Wildman–Crippen LogP) is 3.34. The van der Waals surface area contributed by atoms with E-state index in [-0.39, 0.29) is 22.9 Å². The quantitative estimate of drug-likeness (QED) is 0.762. The molecule has 0 unspecified atom stereocenters. The number of hydrogen-bond donors (Lipinski definition) is 1. The highest BCUT2D eigenvalue weighted by molar-refractivity contribution is 5.86. The summed E-state index contributed by atoms with van der Waals surface area (Å²) in [5.41, 5.74) is -1.70. The molecule has 0 saturated carbocycles. The number of rotatable bonds is 7. The van der Waals surface area contributed by atoms with Gasteiger partial charge in [-0.1, -0.05) is 13.8 Å². The maximum atomic E-state index is 11.9. The van der Waals surface area contributed by atoms with Crippen molar-refractivity contribution in [3.63, 3.8) is 0 Å². The molecule has 0 rings (SSSR count). The van der Waals surface area contributed by atoms with Gasteiger partial charge in [0.25, 0.3) is 0 Å². The maximum absolute atomic E-state index is 11.9. The summed E-state index contributed by atoms with van der Waals surface area (Å²) in [5, 5.41) is 9.71. The Balaban J connectivity index is 4.61. The Morgan fingerprint density at radius 3 is 1.89 bits per heavy atom. The third kappa shape index (κ3) is 7.12. The van der Waals surface area contributed by atoms with Crippen LogP contribution in [0, 0.1) is 5.41 Å². The van der Waals surface area contributed by atoms with Gasteiger partial charge in [0.1, 0.15) is 5.60 Å². The molecule has 0 radical (unpaired) electrons. The van der Waals surface area contributed by atoms with E-state index in [0.29, 0.717) is 6.42 Å². The normalized spacial score (nSPS) is 14.1. The van der Waals surface area contributed by atoms with Crippen molar-refractivity contribution in [3.05, 3.63) is 0 Å². The molecule has 108 valence electrons. The van der Waals surface area contributed by atoms with Crippen LogP contribution < -0.4 is 0 Å². The van der Waals surface area contributed by atoms with Crippen molar-refractivity contribution < 1.29 is 14.6 Å². The second-order valence-corrected chi connectivity index (χ2v) is 7.43. The van der Waals surface area contributed by atoms with Gasteiger partial charge in [-0.05, 0) is 53.4 Å². The highest BCUT2D eigenvalue weighted by Crippen LogP contribution is 2.35. The van der Waals surface area contributed by atoms with Crippen LogP contribution in [0.1, 0.15) is 68.2 Å². The van der Waals surface area contributed by atoms with Crippen molar-refractivity contribution in [2.45, 2.75) is 85.5 Å². The average molecular weight is 258 g/mol. The van der Waals surface area contributed by atoms with E-state index < -0.39 is 5.60 Å². The lowest BCUT2D eigenvalue weighted by Crippen LogP contribution is -2.39. The number of aliphatic hydroxyl groups is 1. The monoisotopic (exact) mass is 258 g/mol. The Hall–Kier alpha value is -0.410. The van der Waals surface area contributed by atoms with Gasteiger partial charge in [0.2, 0.25) is 0 Å². The smallest absolute Gasteiger partial charge is 0.164 e. The van der Waals surface area contributed by atoms with Crippen molar-refractivity contribution in [2.24, 2.45) is 5.41 Å². The fourth-order valence-corrected chi connectivity index (χ4v) is 2.55. The molecular weight excluding hydrogens is 228 g/mol. The van der Waals surface area contributed by atoms with Crippen LogP contribution in [0.25, 0.3) is 0 Å². The van der Waals surface area contributed by atoms with Crippen LogP contribution in [0.4, 0.5) is 0 Å². The lowest BCUT2D eigenvalue weighted by atomic mass is 9.76. The van der Waals surface area contributed by atoms with Crippen LogP contribution in [-0.4, -0.2) is 28.2 Å². The molecule has 1 N–H and O–H groups in total. The largest absolute Gasteiger partial charge is 0.383 e. The molecule has 0 spiro atoms. The molecule has 0 saturated heterocycles. The molecule has 0 atom stereocenters. The minimum atomic E-state index is -1.25. The first-order valence-corrected chi connectivity index (χ1v) is 6.69. The van der Waals surface area contributed by atoms with Crippen molar-refractivity contribution in [1.29, 1.82) is 0 Å². The SMILES string of the molecule is CC(C)OC(C)(C)CC(C)(C)CC(=O)C(C)(C)O. The van der Waals surface area contributed by atoms with Crippen LogP contribution in [-0.2, 0) is 9.53 Å². The Morgan fingerprint density at radius 2 is 1.56 bits per heavy atom. The summed E-state index contributed by atoms with van der Waals surface area (Å²) >= 11 is 0. The van der Waals surface area contributed by atoms with Gasteiger partial charge in [0.15, 0.2) is 5.78 Å². The van der Waals surface area contributed by atoms with Gasteiger partial charge in [-0.15, -0.1) is 0 Å². The van der Waals surface area contributed by atoms with E-state index in [0.717, 1.165) is 6.42 Å². The van der Waals surface area contributed by atoms with Gasteiger partial charge in [-0.3, -0.25) is 4.79 Å². The van der Waals surface area contributed by atoms with E-state index in [1.54, 1.807) is 13.8 Å². The average Bonchev–Trinajstić information content (AvgIpc) is 1.94. The highest BCUT2D eigenvalue weighted by atomic mass is 16.5. The molecular formula is C15H30O3. The summed E-state index contributed by atoms with van der Waals surface area (Å²) in [7, 11) is 0. The summed E-state index contributed by atoms with van der Waals surface area (Å²) in [6, 6.07) is 0. The van der Waals surface area contributed by atoms with Crippen LogP contribution in [0.3, 0.4) is 0 Å². The molecule has 0 bridgehead atoms. The van der Waals surface area contributed by atoms with Crippen LogP contribution in [0.2, 0.25) is 0 Å². The highest BCUT2D eigenvalue weighted by Gasteiger charge is 2.35. The van der Waals surface area contributed by atoms with Gasteiger partial charge < -0.3 is 9.84 Å². The molecule has 0 aromatic heterocycles. The van der Waals surface area contributed by atoms with Crippen molar-refractivity contribution in [2.75, 3.05) is 0 Å². The van der Waals surface area contributed by atoms with E-state index in [9.17, 15) is 9.90 Å². The fraction of sp³-hybridized carbons (Fsp3) is 0.933. The van der Waals surface area contributed by atoms with Crippen molar-refractivity contribution >= 4 is 5.78 Å². The van der Waals surface area contributed by atoms with Gasteiger partial charge in [0.05, 0.1) is 11.7 Å². The zero-order chi connectivity index (χ0) is 14.8. The summed E-state index contributed by atoms with van der Waals surface area (Å²) in [6.07, 6.45) is 1.31. The summed E-state index contributed by atoms with van der Waals surface area (Å²) in [4.78, 5) is 11.9. The molecule has 0 aliphatic rings. The second-order valence-electron chi connectivity index (χ2n) is 7.43. The minimum Gasteiger partial charge on any atom is -0.383 e. The second kappa shape index (κ2) is 5.70. The van der Waals surface area contributed by atoms with E-state index in [1.807, 2.05) is 41.5 Å². The summed E-state index contributed by atoms with van der Waals surface area (Å²) in [6.45, 7) is 15.3. The third-order valence-corrected chi connectivity index (χ3v) is 2.78. The molecule has 3 heteroatoms. The van der Waals surface area contributed by atoms with Gasteiger partial charge in [-0.2, -0.15) is 0 Å². The predicted molar refractivity (Wildman–Crippen MR) is 74.6 cm³/mol. The molecule has 0 aliphatic carbocycles. The molecule has 18 heavy (non-hydrogen) atoms. The lowest BCUT2D eigenvalue weighted by molar-refractivity contribution is -0.138. The van der Waals surface area contributed by atoms with Crippen molar-refractivity contribution in [3.8, 4) is 0 Å². The lowest BCUT2D eigenvalue weighted by Gasteiger charge is -2.36. The zero-order valence-electron chi connectivity index (χ0n) is 13.3. The van der Waals surface area contributed by atoms with Crippen LogP contribution in [0.15, 0.2) is 0 Å². The molecule has 0 heterocycles. The number of ketones is 1. The number of ether oxygens (including phenoxy) is 1. The van der Waals surface area contributed by atoms with E-state index in [2.05, 4.69) is 0 Å². The first kappa shape index (κ1) is 17.6. The van der Waals surface area contributed by atoms with Crippen LogP contribution >= 0.6 is 0 Å². The van der Waals surface area contributed by atoms with Gasteiger partial charge in [0, 0.05) is 6.42 Å². The number of carbonyl (C=O) groups is 1. The minimum absolute atomic E-state index is 0.118. The number of carbonyl (C=O) groups excluding carboxylic acids is 1. The van der Waals surface area contributed by atoms with E-state index in [1.165, 1.54) is 0 Å². The first-order chi connectivity index (χ1) is 7.75. The molecule has 3 nitrogen and oxygen atoms in total. The molecule has 0 aromatic carbocycles. The van der Waals surface area contributed by atoms with E-state index in [4.69, 9.17) is 4.74 Å². The van der Waals surface area contributed by atoms with Gasteiger partial charge in [-0.25, -0.2) is 0 Å². The number of hydrogen-bond acceptors (Lipinski definition) is 3. The topological polar surface area (TPSA) is 46.5 Å². The fourth-order valence-electron chi connectivity index (χ4n) is 2.55. The maximum Gasteiger partial charge on any atom is 0.164 e. The third-order valence-electron chi connectivity index (χ3n) is 2.78. The summed E-state index contributed by atoms with van der Waals surface area (Å²) in [5.74, 6) is -0.118. The Morgan fingerprint density at radius 1 is 1.11 bits per heavy atom. The molecule has 0 aliphatic heterocycles. The molecule has 0 fully saturated rings. The summed E-state index contributed by atoms with van der Waals surface area (Å²) < 4.78 is 5.87. The van der Waals surface area contributed by atoms with Gasteiger partial charge >= 0.3 is 0 Å². The molecule has 0 amide bonds. The number of Topliss-reactive ketones (excluding diaryl/α,β-unsaturated/α-hetero) is 1. The standard InChI is InChI=1S/C15H30O3/c1-11(2)18-14(5,6)10-13(3,4)9-12(16)15(7,8)17/h11,17H,9-10H2,1-8H3. The Labute approximate surface area is 112 Å². The van der Waals surface area contributed by atoms with E-state index >= 15 is 0 Å². The molecule has 0 aromatic rings.